The van der Waals surface area contributed by atoms with E-state index < -0.39 is 0 Å². The summed E-state index contributed by atoms with van der Waals surface area (Å²) in [6, 6.07) is 16.9. The molecule has 106 valence electrons. The third-order valence-electron chi connectivity index (χ3n) is 3.27. The number of likely N-dealkylation sites (N-methyl/N-ethyl adjacent to an activating group) is 1. The van der Waals surface area contributed by atoms with Crippen molar-refractivity contribution < 1.29 is 4.74 Å². The molecule has 0 aromatic heterocycles. The molecule has 2 rings (SSSR count). The molecule has 20 heavy (non-hydrogen) atoms. The lowest BCUT2D eigenvalue weighted by Crippen LogP contribution is -2.19. The van der Waals surface area contributed by atoms with E-state index in [0.29, 0.717) is 6.61 Å². The van der Waals surface area contributed by atoms with Gasteiger partial charge in [0.25, 0.3) is 0 Å². The first-order valence-electron chi connectivity index (χ1n) is 6.88. The third kappa shape index (κ3) is 3.84. The van der Waals surface area contributed by atoms with Gasteiger partial charge in [-0.05, 0) is 44.2 Å². The minimum Gasteiger partial charge on any atom is -0.494 e. The van der Waals surface area contributed by atoms with Crippen molar-refractivity contribution in [3.05, 3.63) is 64.1 Å². The summed E-state index contributed by atoms with van der Waals surface area (Å²) < 4.78 is 6.85. The molecule has 0 aliphatic rings. The number of benzene rings is 2. The van der Waals surface area contributed by atoms with Gasteiger partial charge in [0.2, 0.25) is 0 Å². The summed E-state index contributed by atoms with van der Waals surface area (Å²) >= 11 is 3.52. The molecule has 0 aliphatic heterocycles. The molecule has 0 fully saturated rings. The fourth-order valence-electron chi connectivity index (χ4n) is 2.32. The predicted octanol–water partition coefficient (Wildman–Crippen LogP) is 4.35. The monoisotopic (exact) mass is 333 g/mol. The number of hydrogen-bond acceptors (Lipinski definition) is 2. The summed E-state index contributed by atoms with van der Waals surface area (Å²) in [5.41, 5.74) is 2.50. The summed E-state index contributed by atoms with van der Waals surface area (Å²) in [5, 5.41) is 3.39. The number of para-hydroxylation sites is 1. The highest BCUT2D eigenvalue weighted by Gasteiger charge is 2.14. The Labute approximate surface area is 129 Å². The van der Waals surface area contributed by atoms with Crippen LogP contribution in [0.15, 0.2) is 53.0 Å². The van der Waals surface area contributed by atoms with Crippen LogP contribution in [-0.2, 0) is 6.42 Å². The molecular weight excluding hydrogens is 314 g/mol. The van der Waals surface area contributed by atoms with E-state index in [1.807, 2.05) is 32.2 Å². The molecule has 0 saturated heterocycles. The number of ether oxygens (including phenoxy) is 1. The van der Waals surface area contributed by atoms with Crippen LogP contribution >= 0.6 is 15.9 Å². The van der Waals surface area contributed by atoms with Crippen LogP contribution in [0, 0.1) is 0 Å². The molecule has 0 radical (unpaired) electrons. The van der Waals surface area contributed by atoms with Crippen molar-refractivity contribution in [3.63, 3.8) is 0 Å². The molecule has 0 bridgehead atoms. The molecule has 0 saturated carbocycles. The van der Waals surface area contributed by atoms with E-state index in [1.54, 1.807) is 0 Å². The van der Waals surface area contributed by atoms with Crippen LogP contribution in [-0.4, -0.2) is 13.7 Å². The Balaban J connectivity index is 2.24. The number of rotatable bonds is 6. The third-order valence-corrected chi connectivity index (χ3v) is 3.76. The van der Waals surface area contributed by atoms with Crippen LogP contribution in [0.4, 0.5) is 0 Å². The van der Waals surface area contributed by atoms with Gasteiger partial charge in [0.05, 0.1) is 6.61 Å². The summed E-state index contributed by atoms with van der Waals surface area (Å²) in [4.78, 5) is 0. The first-order chi connectivity index (χ1) is 9.74. The normalized spacial score (nSPS) is 12.2. The van der Waals surface area contributed by atoms with Gasteiger partial charge in [-0.3, -0.25) is 0 Å². The number of halogens is 1. The first-order valence-corrected chi connectivity index (χ1v) is 7.67. The highest BCUT2D eigenvalue weighted by molar-refractivity contribution is 9.10. The van der Waals surface area contributed by atoms with Crippen molar-refractivity contribution in [2.75, 3.05) is 13.7 Å². The molecule has 1 atom stereocenters. The Morgan fingerprint density at radius 2 is 1.95 bits per heavy atom. The lowest BCUT2D eigenvalue weighted by Gasteiger charge is -2.20. The van der Waals surface area contributed by atoms with Crippen LogP contribution in [0.5, 0.6) is 5.75 Å². The van der Waals surface area contributed by atoms with Crippen molar-refractivity contribution in [3.8, 4) is 5.75 Å². The van der Waals surface area contributed by atoms with Crippen molar-refractivity contribution in [1.82, 2.24) is 5.32 Å². The second-order valence-electron chi connectivity index (χ2n) is 4.65. The molecule has 2 aromatic carbocycles. The van der Waals surface area contributed by atoms with Crippen LogP contribution < -0.4 is 10.1 Å². The van der Waals surface area contributed by atoms with Crippen molar-refractivity contribution in [2.24, 2.45) is 0 Å². The second kappa shape index (κ2) is 7.46. The molecule has 2 aromatic rings. The van der Waals surface area contributed by atoms with Gasteiger partial charge in [-0.2, -0.15) is 0 Å². The lowest BCUT2D eigenvalue weighted by atomic mass is 9.98. The second-order valence-corrected chi connectivity index (χ2v) is 5.56. The number of nitrogens with one attached hydrogen (secondary N) is 1. The molecule has 0 spiro atoms. The number of hydrogen-bond donors (Lipinski definition) is 1. The zero-order valence-electron chi connectivity index (χ0n) is 11.9. The standard InChI is InChI=1S/C17H20BrNO/c1-3-20-17-10-5-4-9-15(17)16(19-2)12-13-7-6-8-14(18)11-13/h4-11,16,19H,3,12H2,1-2H3. The molecule has 3 heteroatoms. The van der Waals surface area contributed by atoms with Crippen LogP contribution in [0.3, 0.4) is 0 Å². The average Bonchev–Trinajstić information content (AvgIpc) is 2.46. The van der Waals surface area contributed by atoms with Crippen LogP contribution in [0.25, 0.3) is 0 Å². The Bertz CT molecular complexity index is 556. The quantitative estimate of drug-likeness (QED) is 0.848. The van der Waals surface area contributed by atoms with E-state index in [4.69, 9.17) is 4.74 Å². The molecule has 0 amide bonds. The minimum absolute atomic E-state index is 0.243. The van der Waals surface area contributed by atoms with Gasteiger partial charge in [-0.1, -0.05) is 46.3 Å². The Morgan fingerprint density at radius 3 is 2.65 bits per heavy atom. The van der Waals surface area contributed by atoms with Gasteiger partial charge in [0, 0.05) is 16.1 Å². The topological polar surface area (TPSA) is 21.3 Å². The summed E-state index contributed by atoms with van der Waals surface area (Å²) in [7, 11) is 1.99. The first kappa shape index (κ1) is 15.1. The van der Waals surface area contributed by atoms with E-state index in [9.17, 15) is 0 Å². The van der Waals surface area contributed by atoms with Gasteiger partial charge in [-0.25, -0.2) is 0 Å². The highest BCUT2D eigenvalue weighted by atomic mass is 79.9. The van der Waals surface area contributed by atoms with Gasteiger partial charge < -0.3 is 10.1 Å². The van der Waals surface area contributed by atoms with E-state index in [0.717, 1.165) is 16.6 Å². The van der Waals surface area contributed by atoms with Gasteiger partial charge >= 0.3 is 0 Å². The summed E-state index contributed by atoms with van der Waals surface area (Å²) in [6.45, 7) is 2.70. The Morgan fingerprint density at radius 1 is 1.15 bits per heavy atom. The highest BCUT2D eigenvalue weighted by Crippen LogP contribution is 2.28. The van der Waals surface area contributed by atoms with E-state index in [1.165, 1.54) is 11.1 Å². The molecule has 0 heterocycles. The smallest absolute Gasteiger partial charge is 0.124 e. The summed E-state index contributed by atoms with van der Waals surface area (Å²) in [5.74, 6) is 0.962. The predicted molar refractivity (Wildman–Crippen MR) is 87.3 cm³/mol. The van der Waals surface area contributed by atoms with E-state index in [2.05, 4.69) is 51.6 Å². The summed E-state index contributed by atoms with van der Waals surface area (Å²) in [6.07, 6.45) is 0.931. The fraction of sp³-hybridized carbons (Fsp3) is 0.294. The maximum Gasteiger partial charge on any atom is 0.124 e. The maximum absolute atomic E-state index is 5.73. The molecule has 2 nitrogen and oxygen atoms in total. The van der Waals surface area contributed by atoms with Gasteiger partial charge in [-0.15, -0.1) is 0 Å². The van der Waals surface area contributed by atoms with Gasteiger partial charge in [0.1, 0.15) is 5.75 Å². The van der Waals surface area contributed by atoms with Crippen molar-refractivity contribution >= 4 is 15.9 Å². The zero-order valence-corrected chi connectivity index (χ0v) is 13.5. The van der Waals surface area contributed by atoms with E-state index >= 15 is 0 Å². The largest absolute Gasteiger partial charge is 0.494 e. The lowest BCUT2D eigenvalue weighted by molar-refractivity contribution is 0.332. The molecule has 1 N–H and O–H groups in total. The molecule has 1 unspecified atom stereocenters. The minimum atomic E-state index is 0.243. The molecule has 0 aliphatic carbocycles. The van der Waals surface area contributed by atoms with Crippen LogP contribution in [0.1, 0.15) is 24.1 Å². The Kier molecular flexibility index (Phi) is 5.62. The average molecular weight is 334 g/mol. The van der Waals surface area contributed by atoms with Crippen molar-refractivity contribution in [2.45, 2.75) is 19.4 Å². The molecular formula is C17H20BrNO. The van der Waals surface area contributed by atoms with E-state index in [-0.39, 0.29) is 6.04 Å². The van der Waals surface area contributed by atoms with Gasteiger partial charge in [0.15, 0.2) is 0 Å². The van der Waals surface area contributed by atoms with Crippen LogP contribution in [0.2, 0.25) is 0 Å². The maximum atomic E-state index is 5.73. The Hall–Kier alpha value is -1.32. The fourth-order valence-corrected chi connectivity index (χ4v) is 2.77. The van der Waals surface area contributed by atoms with Crippen molar-refractivity contribution in [1.29, 1.82) is 0 Å². The zero-order chi connectivity index (χ0) is 14.4. The SMILES string of the molecule is CCOc1ccccc1C(Cc1cccc(Br)c1)NC.